The predicted molar refractivity (Wildman–Crippen MR) is 53.2 cm³/mol. The van der Waals surface area contributed by atoms with Crippen LogP contribution in [0.15, 0.2) is 36.9 Å². The van der Waals surface area contributed by atoms with E-state index in [9.17, 15) is 4.79 Å². The molecule has 0 fully saturated rings. The lowest BCUT2D eigenvalue weighted by atomic mass is 10.1. The van der Waals surface area contributed by atoms with Crippen LogP contribution in [0.3, 0.4) is 0 Å². The first-order valence-electron chi connectivity index (χ1n) is 4.15. The first-order valence-corrected chi connectivity index (χ1v) is 4.15. The Labute approximate surface area is 82.7 Å². The number of nitrogens with zero attached hydrogens (tertiary/aromatic N) is 1. The van der Waals surface area contributed by atoms with Crippen molar-refractivity contribution in [2.24, 2.45) is 0 Å². The Kier molecular flexibility index (Phi) is 3.45. The summed E-state index contributed by atoms with van der Waals surface area (Å²) >= 11 is 0. The van der Waals surface area contributed by atoms with Crippen LogP contribution in [0.4, 0.5) is 0 Å². The largest absolute Gasteiger partial charge is 0.348 e. The van der Waals surface area contributed by atoms with Gasteiger partial charge < -0.3 is 5.32 Å². The van der Waals surface area contributed by atoms with Crippen molar-refractivity contribution in [2.75, 3.05) is 0 Å². The van der Waals surface area contributed by atoms with Crippen molar-refractivity contribution in [1.82, 2.24) is 5.32 Å². The van der Waals surface area contributed by atoms with Gasteiger partial charge in [-0.25, -0.2) is 0 Å². The highest BCUT2D eigenvalue weighted by molar-refractivity contribution is 5.86. The second-order valence-electron chi connectivity index (χ2n) is 2.73. The number of benzene rings is 1. The lowest BCUT2D eigenvalue weighted by Crippen LogP contribution is -2.19. The molecule has 1 rings (SSSR count). The smallest absolute Gasteiger partial charge is 0.243 e. The van der Waals surface area contributed by atoms with E-state index in [4.69, 9.17) is 5.26 Å². The number of carbonyl (C=O) groups excluding carboxylic acids is 1. The Morgan fingerprint density at radius 2 is 2.14 bits per heavy atom. The molecular formula is C11H10N2O. The van der Waals surface area contributed by atoms with Crippen molar-refractivity contribution >= 4 is 5.91 Å². The summed E-state index contributed by atoms with van der Waals surface area (Å²) in [7, 11) is 0. The quantitative estimate of drug-likeness (QED) is 0.724. The van der Waals surface area contributed by atoms with Gasteiger partial charge in [-0.3, -0.25) is 4.79 Å². The van der Waals surface area contributed by atoms with Crippen molar-refractivity contribution in [3.63, 3.8) is 0 Å². The van der Waals surface area contributed by atoms with Gasteiger partial charge in [0.05, 0.1) is 11.6 Å². The molecule has 0 bridgehead atoms. The number of nitriles is 1. The van der Waals surface area contributed by atoms with Crippen LogP contribution in [-0.2, 0) is 11.3 Å². The monoisotopic (exact) mass is 186 g/mol. The van der Waals surface area contributed by atoms with Gasteiger partial charge in [0.2, 0.25) is 5.91 Å². The molecule has 0 unspecified atom stereocenters. The van der Waals surface area contributed by atoms with Crippen LogP contribution < -0.4 is 5.32 Å². The third-order valence-electron chi connectivity index (χ3n) is 1.74. The number of amides is 1. The number of nitrogens with one attached hydrogen (secondary N) is 1. The molecule has 1 N–H and O–H groups in total. The van der Waals surface area contributed by atoms with Crippen molar-refractivity contribution in [2.45, 2.75) is 6.54 Å². The zero-order chi connectivity index (χ0) is 10.4. The molecule has 70 valence electrons. The van der Waals surface area contributed by atoms with Gasteiger partial charge in [0.25, 0.3) is 0 Å². The van der Waals surface area contributed by atoms with E-state index in [2.05, 4.69) is 11.9 Å². The number of carbonyl (C=O) groups is 1. The molecule has 0 saturated carbocycles. The molecule has 0 aliphatic heterocycles. The van der Waals surface area contributed by atoms with Gasteiger partial charge in [0, 0.05) is 6.54 Å². The average molecular weight is 186 g/mol. The first-order chi connectivity index (χ1) is 6.76. The van der Waals surface area contributed by atoms with E-state index in [1.165, 1.54) is 6.08 Å². The fraction of sp³-hybridized carbons (Fsp3) is 0.0909. The van der Waals surface area contributed by atoms with Crippen LogP contribution in [-0.4, -0.2) is 5.91 Å². The summed E-state index contributed by atoms with van der Waals surface area (Å²) in [5.41, 5.74) is 1.57. The molecule has 3 nitrogen and oxygen atoms in total. The molecule has 0 aromatic heterocycles. The van der Waals surface area contributed by atoms with Gasteiger partial charge in [-0.15, -0.1) is 0 Å². The third kappa shape index (κ3) is 2.76. The van der Waals surface area contributed by atoms with E-state index < -0.39 is 0 Å². The molecule has 0 spiro atoms. The lowest BCUT2D eigenvalue weighted by molar-refractivity contribution is -0.116. The zero-order valence-electron chi connectivity index (χ0n) is 7.66. The lowest BCUT2D eigenvalue weighted by Gasteiger charge is -2.01. The topological polar surface area (TPSA) is 52.9 Å². The Morgan fingerprint density at radius 1 is 1.50 bits per heavy atom. The van der Waals surface area contributed by atoms with Gasteiger partial charge in [0.15, 0.2) is 0 Å². The summed E-state index contributed by atoms with van der Waals surface area (Å²) in [6, 6.07) is 9.08. The maximum Gasteiger partial charge on any atom is 0.243 e. The molecule has 0 atom stereocenters. The van der Waals surface area contributed by atoms with Crippen LogP contribution in [0.25, 0.3) is 0 Å². The zero-order valence-corrected chi connectivity index (χ0v) is 7.66. The second kappa shape index (κ2) is 4.83. The molecule has 14 heavy (non-hydrogen) atoms. The average Bonchev–Trinajstić information content (AvgIpc) is 2.26. The Hall–Kier alpha value is -2.08. The maximum absolute atomic E-state index is 10.8. The molecule has 0 aliphatic rings. The van der Waals surface area contributed by atoms with Gasteiger partial charge in [-0.1, -0.05) is 18.7 Å². The van der Waals surface area contributed by atoms with E-state index >= 15 is 0 Å². The highest BCUT2D eigenvalue weighted by atomic mass is 16.1. The molecule has 0 heterocycles. The van der Waals surface area contributed by atoms with Crippen LogP contribution in [0.5, 0.6) is 0 Å². The second-order valence-corrected chi connectivity index (χ2v) is 2.73. The summed E-state index contributed by atoms with van der Waals surface area (Å²) in [5.74, 6) is -0.200. The summed E-state index contributed by atoms with van der Waals surface area (Å²) < 4.78 is 0. The van der Waals surface area contributed by atoms with E-state index in [0.29, 0.717) is 12.1 Å². The van der Waals surface area contributed by atoms with Gasteiger partial charge in [0.1, 0.15) is 0 Å². The molecule has 0 saturated heterocycles. The summed E-state index contributed by atoms with van der Waals surface area (Å²) in [5, 5.41) is 11.2. The van der Waals surface area contributed by atoms with Gasteiger partial charge >= 0.3 is 0 Å². The normalized spacial score (nSPS) is 8.79. The van der Waals surface area contributed by atoms with Crippen molar-refractivity contribution in [3.05, 3.63) is 48.0 Å². The molecule has 1 amide bonds. The first kappa shape index (κ1) is 10.0. The van der Waals surface area contributed by atoms with Crippen LogP contribution in [0.1, 0.15) is 11.1 Å². The Balaban J connectivity index is 2.57. The maximum atomic E-state index is 10.8. The van der Waals surface area contributed by atoms with E-state index in [1.807, 2.05) is 18.2 Å². The van der Waals surface area contributed by atoms with Crippen molar-refractivity contribution < 1.29 is 4.79 Å². The Morgan fingerprint density at radius 3 is 2.64 bits per heavy atom. The summed E-state index contributed by atoms with van der Waals surface area (Å²) in [6.45, 7) is 3.80. The van der Waals surface area contributed by atoms with Crippen LogP contribution >= 0.6 is 0 Å². The van der Waals surface area contributed by atoms with Gasteiger partial charge in [-0.2, -0.15) is 5.26 Å². The molecule has 0 aliphatic carbocycles. The third-order valence-corrected chi connectivity index (χ3v) is 1.74. The SMILES string of the molecule is C=CC(=O)NCc1ccc(C#N)cc1. The molecule has 3 heteroatoms. The minimum Gasteiger partial charge on any atom is -0.348 e. The minimum atomic E-state index is -0.200. The van der Waals surface area contributed by atoms with E-state index in [0.717, 1.165) is 5.56 Å². The number of hydrogen-bond donors (Lipinski definition) is 1. The van der Waals surface area contributed by atoms with E-state index in [-0.39, 0.29) is 5.91 Å². The van der Waals surface area contributed by atoms with E-state index in [1.54, 1.807) is 12.1 Å². The molecular weight excluding hydrogens is 176 g/mol. The fourth-order valence-electron chi connectivity index (χ4n) is 0.958. The molecule has 1 aromatic carbocycles. The highest BCUT2D eigenvalue weighted by Crippen LogP contribution is 2.02. The fourth-order valence-corrected chi connectivity index (χ4v) is 0.958. The number of hydrogen-bond acceptors (Lipinski definition) is 2. The molecule has 0 radical (unpaired) electrons. The number of rotatable bonds is 3. The predicted octanol–water partition coefficient (Wildman–Crippen LogP) is 1.36. The minimum absolute atomic E-state index is 0.200. The standard InChI is InChI=1S/C11H10N2O/c1-2-11(14)13-8-10-5-3-9(7-12)4-6-10/h2-6H,1,8H2,(H,13,14). The Bertz CT molecular complexity index is 373. The van der Waals surface area contributed by atoms with Crippen molar-refractivity contribution in [1.29, 1.82) is 5.26 Å². The van der Waals surface area contributed by atoms with Crippen LogP contribution in [0, 0.1) is 11.3 Å². The van der Waals surface area contributed by atoms with Gasteiger partial charge in [-0.05, 0) is 23.8 Å². The van der Waals surface area contributed by atoms with Crippen molar-refractivity contribution in [3.8, 4) is 6.07 Å². The summed E-state index contributed by atoms with van der Waals surface area (Å²) in [4.78, 5) is 10.8. The highest BCUT2D eigenvalue weighted by Gasteiger charge is 1.95. The molecule has 1 aromatic rings. The van der Waals surface area contributed by atoms with Crippen LogP contribution in [0.2, 0.25) is 0 Å². The summed E-state index contributed by atoms with van der Waals surface area (Å²) in [6.07, 6.45) is 1.23.